The molecular formula is C21H20ClN3O2. The number of amides is 1. The van der Waals surface area contributed by atoms with Crippen molar-refractivity contribution in [2.24, 2.45) is 0 Å². The summed E-state index contributed by atoms with van der Waals surface area (Å²) >= 11 is 6.21. The third-order valence-electron chi connectivity index (χ3n) is 5.05. The molecule has 0 saturated carbocycles. The molecule has 0 spiro atoms. The van der Waals surface area contributed by atoms with Crippen molar-refractivity contribution in [3.05, 3.63) is 76.6 Å². The van der Waals surface area contributed by atoms with E-state index in [4.69, 9.17) is 11.6 Å². The second-order valence-corrected chi connectivity index (χ2v) is 7.29. The molecule has 138 valence electrons. The molecule has 2 aromatic carbocycles. The van der Waals surface area contributed by atoms with E-state index in [9.17, 15) is 9.90 Å². The lowest BCUT2D eigenvalue weighted by molar-refractivity contribution is 0.0983. The fourth-order valence-electron chi connectivity index (χ4n) is 3.55. The molecule has 1 aliphatic rings. The van der Waals surface area contributed by atoms with Crippen molar-refractivity contribution in [1.82, 2.24) is 9.78 Å². The summed E-state index contributed by atoms with van der Waals surface area (Å²) in [5.41, 5.74) is 3.04. The van der Waals surface area contributed by atoms with Crippen LogP contribution in [0.5, 0.6) is 5.75 Å². The maximum atomic E-state index is 13.1. The normalized spacial score (nSPS) is 16.2. The van der Waals surface area contributed by atoms with Crippen molar-refractivity contribution in [3.8, 4) is 5.75 Å². The minimum absolute atomic E-state index is 0.135. The Morgan fingerprint density at radius 3 is 2.89 bits per heavy atom. The second-order valence-electron chi connectivity index (χ2n) is 6.88. The summed E-state index contributed by atoms with van der Waals surface area (Å²) in [6, 6.07) is 13.0. The van der Waals surface area contributed by atoms with Crippen LogP contribution in [0, 0.1) is 0 Å². The highest BCUT2D eigenvalue weighted by Crippen LogP contribution is 2.41. The Hall–Kier alpha value is -2.79. The number of aromatic nitrogens is 2. The minimum atomic E-state index is -0.157. The monoisotopic (exact) mass is 381 g/mol. The number of carbonyl (C=O) groups is 1. The zero-order valence-electron chi connectivity index (χ0n) is 15.0. The van der Waals surface area contributed by atoms with Gasteiger partial charge in [-0.25, -0.2) is 0 Å². The molecule has 1 aliphatic heterocycles. The smallest absolute Gasteiger partial charge is 0.261 e. The van der Waals surface area contributed by atoms with Gasteiger partial charge in [-0.3, -0.25) is 9.48 Å². The third-order valence-corrected chi connectivity index (χ3v) is 5.42. The molecule has 27 heavy (non-hydrogen) atoms. The average molecular weight is 382 g/mol. The lowest BCUT2D eigenvalue weighted by atomic mass is 9.91. The number of hydrogen-bond acceptors (Lipinski definition) is 3. The maximum absolute atomic E-state index is 13.1. The van der Waals surface area contributed by atoms with E-state index >= 15 is 0 Å². The highest BCUT2D eigenvalue weighted by atomic mass is 35.5. The first-order chi connectivity index (χ1) is 13.0. The number of carbonyl (C=O) groups excluding carboxylic acids is 1. The molecule has 3 aromatic rings. The number of para-hydroxylation sites is 1. The molecule has 5 nitrogen and oxygen atoms in total. The fourth-order valence-corrected chi connectivity index (χ4v) is 3.75. The van der Waals surface area contributed by atoms with Gasteiger partial charge < -0.3 is 10.0 Å². The van der Waals surface area contributed by atoms with Gasteiger partial charge in [0.2, 0.25) is 0 Å². The number of hydrogen-bond donors (Lipinski definition) is 1. The van der Waals surface area contributed by atoms with Crippen molar-refractivity contribution in [2.45, 2.75) is 25.8 Å². The largest absolute Gasteiger partial charge is 0.506 e. The van der Waals surface area contributed by atoms with E-state index in [1.807, 2.05) is 36.4 Å². The molecule has 2 heterocycles. The van der Waals surface area contributed by atoms with Crippen LogP contribution in [0.15, 0.2) is 54.9 Å². The lowest BCUT2D eigenvalue weighted by Crippen LogP contribution is -2.36. The van der Waals surface area contributed by atoms with Crippen molar-refractivity contribution in [1.29, 1.82) is 0 Å². The van der Waals surface area contributed by atoms with Crippen LogP contribution < -0.4 is 4.90 Å². The molecule has 0 unspecified atom stereocenters. The molecule has 0 aliphatic carbocycles. The standard InChI is InChI=1S/C21H20ClN3O2/c1-14-9-10-25(20-17(14)6-4-8-19(20)26)21(27)16-11-23-24(13-16)12-15-5-2-3-7-18(15)22/h2-8,11,13-14,26H,9-10,12H2,1H3/t14-/m0/s1. The number of fused-ring (bicyclic) bond motifs is 1. The molecule has 0 fully saturated rings. The third kappa shape index (κ3) is 3.30. The number of aromatic hydroxyl groups is 1. The van der Waals surface area contributed by atoms with Crippen molar-refractivity contribution in [2.75, 3.05) is 11.4 Å². The van der Waals surface area contributed by atoms with E-state index in [1.165, 1.54) is 0 Å². The number of rotatable bonds is 3. The van der Waals surface area contributed by atoms with Crippen LogP contribution in [-0.4, -0.2) is 27.3 Å². The molecule has 0 bridgehead atoms. The minimum Gasteiger partial charge on any atom is -0.506 e. The van der Waals surface area contributed by atoms with E-state index in [0.29, 0.717) is 35.3 Å². The molecule has 4 rings (SSSR count). The summed E-state index contributed by atoms with van der Waals surface area (Å²) in [7, 11) is 0. The fraction of sp³-hybridized carbons (Fsp3) is 0.238. The van der Waals surface area contributed by atoms with Crippen LogP contribution >= 0.6 is 11.6 Å². The van der Waals surface area contributed by atoms with Gasteiger partial charge in [0.15, 0.2) is 0 Å². The summed E-state index contributed by atoms with van der Waals surface area (Å²) < 4.78 is 1.70. The van der Waals surface area contributed by atoms with E-state index in [1.54, 1.807) is 28.0 Å². The molecular weight excluding hydrogens is 362 g/mol. The van der Waals surface area contributed by atoms with Crippen LogP contribution in [-0.2, 0) is 6.54 Å². The van der Waals surface area contributed by atoms with Gasteiger partial charge in [-0.05, 0) is 35.6 Å². The summed E-state index contributed by atoms with van der Waals surface area (Å²) in [6.45, 7) is 3.17. The van der Waals surface area contributed by atoms with Crippen molar-refractivity contribution >= 4 is 23.2 Å². The van der Waals surface area contributed by atoms with Gasteiger partial charge in [-0.1, -0.05) is 48.9 Å². The maximum Gasteiger partial charge on any atom is 0.261 e. The highest BCUT2D eigenvalue weighted by Gasteiger charge is 2.30. The number of nitrogens with zero attached hydrogens (tertiary/aromatic N) is 3. The number of phenols is 1. The van der Waals surface area contributed by atoms with Crippen LogP contribution in [0.25, 0.3) is 0 Å². The summed E-state index contributed by atoms with van der Waals surface area (Å²) in [6.07, 6.45) is 4.15. The number of anilines is 1. The number of halogens is 1. The van der Waals surface area contributed by atoms with Crippen molar-refractivity contribution in [3.63, 3.8) is 0 Å². The quantitative estimate of drug-likeness (QED) is 0.729. The zero-order chi connectivity index (χ0) is 19.0. The summed E-state index contributed by atoms with van der Waals surface area (Å²) in [5.74, 6) is 0.282. The van der Waals surface area contributed by atoms with Gasteiger partial charge in [0, 0.05) is 17.8 Å². The average Bonchev–Trinajstić information content (AvgIpc) is 3.13. The van der Waals surface area contributed by atoms with Crippen LogP contribution in [0.4, 0.5) is 5.69 Å². The predicted octanol–water partition coefficient (Wildman–Crippen LogP) is 4.44. The van der Waals surface area contributed by atoms with E-state index in [0.717, 1.165) is 17.5 Å². The Kier molecular flexibility index (Phi) is 4.62. The Morgan fingerprint density at radius 1 is 1.26 bits per heavy atom. The van der Waals surface area contributed by atoms with Gasteiger partial charge in [-0.2, -0.15) is 5.10 Å². The first-order valence-corrected chi connectivity index (χ1v) is 9.32. The molecule has 0 radical (unpaired) electrons. The lowest BCUT2D eigenvalue weighted by Gasteiger charge is -2.33. The Balaban J connectivity index is 1.61. The van der Waals surface area contributed by atoms with E-state index in [-0.39, 0.29) is 11.7 Å². The summed E-state index contributed by atoms with van der Waals surface area (Å²) in [4.78, 5) is 14.7. The zero-order valence-corrected chi connectivity index (χ0v) is 15.7. The van der Waals surface area contributed by atoms with Gasteiger partial charge in [0.1, 0.15) is 5.75 Å². The molecule has 1 atom stereocenters. The van der Waals surface area contributed by atoms with Gasteiger partial charge in [0.05, 0.1) is 24.0 Å². The van der Waals surface area contributed by atoms with Crippen LogP contribution in [0.3, 0.4) is 0 Å². The van der Waals surface area contributed by atoms with Crippen molar-refractivity contribution < 1.29 is 9.90 Å². The second kappa shape index (κ2) is 7.08. The molecule has 1 aromatic heterocycles. The molecule has 1 amide bonds. The first kappa shape index (κ1) is 17.6. The van der Waals surface area contributed by atoms with E-state index in [2.05, 4.69) is 12.0 Å². The SMILES string of the molecule is C[C@H]1CCN(C(=O)c2cnn(Cc3ccccc3Cl)c2)c2c(O)cccc21. The van der Waals surface area contributed by atoms with Gasteiger partial charge in [0.25, 0.3) is 5.91 Å². The summed E-state index contributed by atoms with van der Waals surface area (Å²) in [5, 5.41) is 15.3. The highest BCUT2D eigenvalue weighted by molar-refractivity contribution is 6.31. The van der Waals surface area contributed by atoms with Crippen LogP contribution in [0.1, 0.15) is 40.7 Å². The number of benzene rings is 2. The van der Waals surface area contributed by atoms with E-state index < -0.39 is 0 Å². The van der Waals surface area contributed by atoms with Gasteiger partial charge >= 0.3 is 0 Å². The van der Waals surface area contributed by atoms with Crippen LogP contribution in [0.2, 0.25) is 5.02 Å². The Bertz CT molecular complexity index is 999. The molecule has 6 heteroatoms. The Morgan fingerprint density at radius 2 is 2.07 bits per heavy atom. The number of phenolic OH excluding ortho intramolecular Hbond substituents is 1. The topological polar surface area (TPSA) is 58.4 Å². The predicted molar refractivity (Wildman–Crippen MR) is 106 cm³/mol. The molecule has 1 N–H and O–H groups in total. The Labute approximate surface area is 162 Å². The molecule has 0 saturated heterocycles. The first-order valence-electron chi connectivity index (χ1n) is 8.94. The van der Waals surface area contributed by atoms with Gasteiger partial charge in [-0.15, -0.1) is 0 Å².